The van der Waals surface area contributed by atoms with Gasteiger partial charge in [-0.1, -0.05) is 48.0 Å². The molecule has 31 heavy (non-hydrogen) atoms. The summed E-state index contributed by atoms with van der Waals surface area (Å²) >= 11 is 0. The van der Waals surface area contributed by atoms with E-state index in [-0.39, 0.29) is 12.5 Å². The van der Waals surface area contributed by atoms with E-state index in [1.165, 1.54) is 4.90 Å². The summed E-state index contributed by atoms with van der Waals surface area (Å²) in [6.45, 7) is 1.96. The second-order valence-electron chi connectivity index (χ2n) is 7.34. The first-order valence-electron chi connectivity index (χ1n) is 9.91. The van der Waals surface area contributed by atoms with Crippen LogP contribution >= 0.6 is 0 Å². The second kappa shape index (κ2) is 8.83. The van der Waals surface area contributed by atoms with E-state index in [4.69, 9.17) is 14.1 Å². The van der Waals surface area contributed by atoms with Gasteiger partial charge in [-0.2, -0.15) is 0 Å². The summed E-state index contributed by atoms with van der Waals surface area (Å²) in [5.74, 6) is -0.223. The highest BCUT2D eigenvalue weighted by Gasteiger charge is 2.18. The zero-order valence-corrected chi connectivity index (χ0v) is 17.4. The Labute approximate surface area is 180 Å². The lowest BCUT2D eigenvalue weighted by Gasteiger charge is -2.16. The SMILES string of the molecule is Cc1ccc(-c2cc(C(=O)OCC(=O)N(C)Cc3ccco3)c3ccccc3n2)cc1. The number of nitrogens with zero attached hydrogens (tertiary/aromatic N) is 2. The van der Waals surface area contributed by atoms with Crippen molar-refractivity contribution in [3.05, 3.63) is 89.9 Å². The predicted octanol–water partition coefficient (Wildman–Crippen LogP) is 4.62. The quantitative estimate of drug-likeness (QED) is 0.431. The number of pyridine rings is 1. The van der Waals surface area contributed by atoms with Crippen LogP contribution < -0.4 is 0 Å². The van der Waals surface area contributed by atoms with E-state index in [1.807, 2.05) is 55.5 Å². The molecule has 0 atom stereocenters. The Morgan fingerprint density at radius 3 is 2.55 bits per heavy atom. The summed E-state index contributed by atoms with van der Waals surface area (Å²) in [6, 6.07) is 20.6. The van der Waals surface area contributed by atoms with Gasteiger partial charge in [0.15, 0.2) is 6.61 Å². The number of esters is 1. The molecule has 6 heteroatoms. The first-order chi connectivity index (χ1) is 15.0. The van der Waals surface area contributed by atoms with E-state index in [2.05, 4.69) is 0 Å². The topological polar surface area (TPSA) is 72.6 Å². The number of aromatic nitrogens is 1. The Morgan fingerprint density at radius 1 is 1.03 bits per heavy atom. The van der Waals surface area contributed by atoms with Crippen LogP contribution in [-0.2, 0) is 16.1 Å². The molecule has 0 aliphatic carbocycles. The number of furan rings is 1. The van der Waals surface area contributed by atoms with Crippen molar-refractivity contribution in [3.8, 4) is 11.3 Å². The van der Waals surface area contributed by atoms with Gasteiger partial charge in [-0.15, -0.1) is 0 Å². The van der Waals surface area contributed by atoms with Crippen molar-refractivity contribution in [1.82, 2.24) is 9.88 Å². The van der Waals surface area contributed by atoms with Gasteiger partial charge in [0.25, 0.3) is 5.91 Å². The van der Waals surface area contributed by atoms with Gasteiger partial charge in [-0.25, -0.2) is 9.78 Å². The van der Waals surface area contributed by atoms with Gasteiger partial charge in [0, 0.05) is 18.0 Å². The van der Waals surface area contributed by atoms with Crippen molar-refractivity contribution in [1.29, 1.82) is 0 Å². The molecule has 2 heterocycles. The molecule has 0 saturated carbocycles. The van der Waals surface area contributed by atoms with E-state index < -0.39 is 5.97 Å². The summed E-state index contributed by atoms with van der Waals surface area (Å²) in [7, 11) is 1.63. The molecule has 2 aromatic heterocycles. The Balaban J connectivity index is 1.55. The lowest BCUT2D eigenvalue weighted by Crippen LogP contribution is -2.30. The first-order valence-corrected chi connectivity index (χ1v) is 9.91. The van der Waals surface area contributed by atoms with Gasteiger partial charge in [-0.05, 0) is 31.2 Å². The number of para-hydroxylation sites is 1. The lowest BCUT2D eigenvalue weighted by molar-refractivity contribution is -0.133. The smallest absolute Gasteiger partial charge is 0.339 e. The Morgan fingerprint density at radius 2 is 1.81 bits per heavy atom. The number of benzene rings is 2. The predicted molar refractivity (Wildman–Crippen MR) is 117 cm³/mol. The number of carbonyl (C=O) groups excluding carboxylic acids is 2. The van der Waals surface area contributed by atoms with E-state index >= 15 is 0 Å². The summed E-state index contributed by atoms with van der Waals surface area (Å²) in [5, 5.41) is 0.680. The molecule has 0 radical (unpaired) electrons. The molecule has 156 valence electrons. The van der Waals surface area contributed by atoms with Crippen LogP contribution in [0.3, 0.4) is 0 Å². The molecule has 0 aliphatic rings. The summed E-state index contributed by atoms with van der Waals surface area (Å²) in [4.78, 5) is 31.4. The number of rotatable bonds is 6. The van der Waals surface area contributed by atoms with E-state index in [1.54, 1.807) is 31.5 Å². The van der Waals surface area contributed by atoms with Crippen LogP contribution in [0, 0.1) is 6.92 Å². The number of ether oxygens (including phenoxy) is 1. The maximum atomic E-state index is 12.9. The average molecular weight is 414 g/mol. The van der Waals surface area contributed by atoms with Crippen LogP contribution in [0.25, 0.3) is 22.2 Å². The maximum Gasteiger partial charge on any atom is 0.339 e. The minimum atomic E-state index is -0.563. The molecule has 4 aromatic rings. The number of carbonyl (C=O) groups is 2. The molecule has 0 aliphatic heterocycles. The van der Waals surface area contributed by atoms with Gasteiger partial charge in [-0.3, -0.25) is 4.79 Å². The van der Waals surface area contributed by atoms with Crippen LogP contribution in [0.15, 0.2) is 77.4 Å². The van der Waals surface area contributed by atoms with Gasteiger partial charge in [0.1, 0.15) is 5.76 Å². The minimum absolute atomic E-state index is 0.305. The summed E-state index contributed by atoms with van der Waals surface area (Å²) < 4.78 is 10.6. The molecule has 0 bridgehead atoms. The number of amides is 1. The summed E-state index contributed by atoms with van der Waals surface area (Å²) in [6.07, 6.45) is 1.55. The molecule has 0 saturated heterocycles. The Kier molecular flexibility index (Phi) is 5.80. The maximum absolute atomic E-state index is 12.9. The highest BCUT2D eigenvalue weighted by molar-refractivity contribution is 6.05. The number of hydrogen-bond acceptors (Lipinski definition) is 5. The zero-order chi connectivity index (χ0) is 21.8. The molecular formula is C25H22N2O4. The monoisotopic (exact) mass is 414 g/mol. The highest BCUT2D eigenvalue weighted by atomic mass is 16.5. The van der Waals surface area contributed by atoms with E-state index in [9.17, 15) is 9.59 Å². The normalized spacial score (nSPS) is 10.8. The molecule has 0 fully saturated rings. The van der Waals surface area contributed by atoms with E-state index in [0.29, 0.717) is 34.5 Å². The molecule has 2 aromatic carbocycles. The van der Waals surface area contributed by atoms with Crippen LogP contribution in [-0.4, -0.2) is 35.4 Å². The van der Waals surface area contributed by atoms with Crippen molar-refractivity contribution in [2.75, 3.05) is 13.7 Å². The van der Waals surface area contributed by atoms with Gasteiger partial charge in [0.05, 0.1) is 29.6 Å². The minimum Gasteiger partial charge on any atom is -0.467 e. The van der Waals surface area contributed by atoms with Crippen LogP contribution in [0.1, 0.15) is 21.7 Å². The third-order valence-electron chi connectivity index (χ3n) is 5.01. The average Bonchev–Trinajstić information content (AvgIpc) is 3.30. The Bertz CT molecular complexity index is 1210. The van der Waals surface area contributed by atoms with Crippen LogP contribution in [0.4, 0.5) is 0 Å². The molecule has 0 unspecified atom stereocenters. The molecule has 0 spiro atoms. The van der Waals surface area contributed by atoms with Crippen LogP contribution in [0.2, 0.25) is 0 Å². The van der Waals surface area contributed by atoms with Crippen molar-refractivity contribution >= 4 is 22.8 Å². The third kappa shape index (κ3) is 4.64. The standard InChI is InChI=1S/C25H22N2O4/c1-17-9-11-18(12-10-17)23-14-21(20-7-3-4-8-22(20)26-23)25(29)31-16-24(28)27(2)15-19-6-5-13-30-19/h3-14H,15-16H2,1-2H3. The number of fused-ring (bicyclic) bond motifs is 1. The summed E-state index contributed by atoms with van der Waals surface area (Å²) in [5.41, 5.74) is 3.78. The molecular weight excluding hydrogens is 392 g/mol. The number of aryl methyl sites for hydroxylation is 1. The molecule has 6 nitrogen and oxygen atoms in total. The van der Waals surface area contributed by atoms with Crippen LogP contribution in [0.5, 0.6) is 0 Å². The second-order valence-corrected chi connectivity index (χ2v) is 7.34. The molecule has 0 N–H and O–H groups in total. The van der Waals surface area contributed by atoms with E-state index in [0.717, 1.165) is 11.1 Å². The number of likely N-dealkylation sites (N-methyl/N-ethyl adjacent to an activating group) is 1. The fourth-order valence-corrected chi connectivity index (χ4v) is 3.26. The Hall–Kier alpha value is -3.93. The molecule has 1 amide bonds. The lowest BCUT2D eigenvalue weighted by atomic mass is 10.0. The number of hydrogen-bond donors (Lipinski definition) is 0. The van der Waals surface area contributed by atoms with Gasteiger partial charge < -0.3 is 14.1 Å². The van der Waals surface area contributed by atoms with Gasteiger partial charge in [0.2, 0.25) is 0 Å². The van der Waals surface area contributed by atoms with Crippen molar-refractivity contribution in [2.24, 2.45) is 0 Å². The first kappa shape index (κ1) is 20.3. The fraction of sp³-hybridized carbons (Fsp3) is 0.160. The van der Waals surface area contributed by atoms with Gasteiger partial charge >= 0.3 is 5.97 Å². The van der Waals surface area contributed by atoms with Crippen molar-refractivity contribution in [2.45, 2.75) is 13.5 Å². The highest BCUT2D eigenvalue weighted by Crippen LogP contribution is 2.25. The largest absolute Gasteiger partial charge is 0.467 e. The zero-order valence-electron chi connectivity index (χ0n) is 17.4. The van der Waals surface area contributed by atoms with Crippen molar-refractivity contribution < 1.29 is 18.7 Å². The van der Waals surface area contributed by atoms with Crippen molar-refractivity contribution in [3.63, 3.8) is 0 Å². The molecule has 4 rings (SSSR count). The third-order valence-corrected chi connectivity index (χ3v) is 5.01. The fourth-order valence-electron chi connectivity index (χ4n) is 3.26.